The van der Waals surface area contributed by atoms with Gasteiger partial charge in [-0.15, -0.1) is 0 Å². The van der Waals surface area contributed by atoms with Gasteiger partial charge >= 0.3 is 0 Å². The summed E-state index contributed by atoms with van der Waals surface area (Å²) in [6, 6.07) is 8.41. The normalized spacial score (nSPS) is 16.8. The van der Waals surface area contributed by atoms with Crippen molar-refractivity contribution >= 4 is 35.1 Å². The first-order valence-corrected chi connectivity index (χ1v) is 19.1. The third kappa shape index (κ3) is 13.9. The molecule has 298 valence electrons. The maximum atomic E-state index is 13.4. The van der Waals surface area contributed by atoms with Crippen molar-refractivity contribution in [2.45, 2.75) is 95.7 Å². The molecule has 2 heterocycles. The van der Waals surface area contributed by atoms with Gasteiger partial charge in [-0.05, 0) is 63.2 Å². The van der Waals surface area contributed by atoms with E-state index in [1.165, 1.54) is 11.1 Å². The minimum atomic E-state index is -1.70. The van der Waals surface area contributed by atoms with Crippen LogP contribution >= 0.6 is 11.6 Å². The van der Waals surface area contributed by atoms with Gasteiger partial charge in [0.2, 0.25) is 5.91 Å². The van der Waals surface area contributed by atoms with Crippen LogP contribution in [0.3, 0.4) is 0 Å². The number of nitrogens with one attached hydrogen (secondary N) is 1. The minimum Gasteiger partial charge on any atom is -0.394 e. The Morgan fingerprint density at radius 3 is 2.32 bits per heavy atom. The average molecular weight is 765 g/mol. The molecule has 0 spiro atoms. The Balaban J connectivity index is 1.57. The number of likely N-dealkylation sites (tertiary alicyclic amines) is 1. The van der Waals surface area contributed by atoms with E-state index in [2.05, 4.69) is 53.2 Å². The monoisotopic (exact) mass is 764 g/mol. The number of carbonyl (C=O) groups is 2. The molecule has 2 amide bonds. The van der Waals surface area contributed by atoms with Crippen molar-refractivity contribution in [3.05, 3.63) is 46.2 Å². The Morgan fingerprint density at radius 2 is 1.66 bits per heavy atom. The van der Waals surface area contributed by atoms with Crippen LogP contribution in [0.25, 0.3) is 0 Å². The van der Waals surface area contributed by atoms with Crippen LogP contribution in [0.1, 0.15) is 73.5 Å². The number of carbonyl (C=O) groups excluding carboxylic acids is 2. The van der Waals surface area contributed by atoms with Crippen LogP contribution in [0.5, 0.6) is 0 Å². The molecular weight excluding hydrogens is 704 g/mol. The van der Waals surface area contributed by atoms with Gasteiger partial charge in [-0.25, -0.2) is 9.97 Å². The maximum absolute atomic E-state index is 13.4. The number of aliphatic hydroxyl groups excluding tert-OH is 5. The average Bonchev–Trinajstić information content (AvgIpc) is 3.15. The number of hydrogen-bond donors (Lipinski definition) is 8. The summed E-state index contributed by atoms with van der Waals surface area (Å²) in [6.07, 6.45) is 0.244. The second-order valence-corrected chi connectivity index (χ2v) is 14.7. The van der Waals surface area contributed by atoms with E-state index in [1.807, 2.05) is 21.9 Å². The Kier molecular flexibility index (Phi) is 18.6. The number of benzene rings is 1. The zero-order valence-corrected chi connectivity index (χ0v) is 32.2. The molecule has 15 nitrogen and oxygen atoms in total. The third-order valence-corrected chi connectivity index (χ3v) is 10.4. The number of anilines is 2. The van der Waals surface area contributed by atoms with Crippen LogP contribution in [0.4, 0.5) is 11.6 Å². The molecule has 5 atom stereocenters. The Morgan fingerprint density at radius 1 is 0.981 bits per heavy atom. The first-order valence-electron chi connectivity index (χ1n) is 18.7. The van der Waals surface area contributed by atoms with Crippen LogP contribution in [0, 0.1) is 12.8 Å². The zero-order chi connectivity index (χ0) is 39.1. The fourth-order valence-electron chi connectivity index (χ4n) is 6.80. The molecule has 53 heavy (non-hydrogen) atoms. The number of piperidine rings is 1. The Labute approximate surface area is 318 Å². The molecule has 1 unspecified atom stereocenters. The van der Waals surface area contributed by atoms with Gasteiger partial charge < -0.3 is 57.0 Å². The maximum Gasteiger partial charge on any atom is 0.273 e. The molecule has 1 aromatic heterocycles. The van der Waals surface area contributed by atoms with Gasteiger partial charge in [-0.3, -0.25) is 9.59 Å². The highest BCUT2D eigenvalue weighted by atomic mass is 35.5. The number of aliphatic hydroxyl groups is 5. The number of halogens is 1. The molecular formula is C37H61ClN8O7. The van der Waals surface area contributed by atoms with Gasteiger partial charge in [-0.2, -0.15) is 0 Å². The fraction of sp³-hybridized carbons (Fsp3) is 0.676. The van der Waals surface area contributed by atoms with E-state index in [-0.39, 0.29) is 53.3 Å². The van der Waals surface area contributed by atoms with E-state index in [0.717, 1.165) is 44.9 Å². The number of nitrogen functional groups attached to an aromatic ring is 2. The number of nitrogens with zero attached hydrogens (tertiary/aromatic N) is 5. The number of hydrogen-bond acceptors (Lipinski definition) is 13. The molecule has 1 saturated heterocycles. The summed E-state index contributed by atoms with van der Waals surface area (Å²) >= 11 is 6.01. The molecule has 1 aromatic carbocycles. The smallest absolute Gasteiger partial charge is 0.273 e. The lowest BCUT2D eigenvalue weighted by atomic mass is 9.94. The largest absolute Gasteiger partial charge is 0.394 e. The van der Waals surface area contributed by atoms with E-state index in [0.29, 0.717) is 39.3 Å². The fourth-order valence-corrected chi connectivity index (χ4v) is 6.92. The van der Waals surface area contributed by atoms with Gasteiger partial charge in [0.25, 0.3) is 5.91 Å². The third-order valence-electron chi connectivity index (χ3n) is 10.2. The molecule has 2 aromatic rings. The Hall–Kier alpha value is -3.15. The predicted molar refractivity (Wildman–Crippen MR) is 205 cm³/mol. The summed E-state index contributed by atoms with van der Waals surface area (Å²) in [5.41, 5.74) is 13.9. The van der Waals surface area contributed by atoms with Crippen molar-refractivity contribution in [3.63, 3.8) is 0 Å². The molecule has 1 aliphatic heterocycles. The first kappa shape index (κ1) is 44.2. The molecule has 1 fully saturated rings. The summed E-state index contributed by atoms with van der Waals surface area (Å²) < 4.78 is 0. The standard InChI is InChI=1S/C37H61ClN8O7/c1-4-5-6-9-15-45(22-28(48)32(51)33(52)29(49)23-47)16-14-30(50)46-17-12-27(13-18-46)44(3)21-25(19-26-11-8-7-10-24(26)2)20-41-37(53)31-35(39)43-36(40)34(38)42-31/h7-8,10-11,25,27-29,32-33,47-49,51-52H,4-6,9,12-23H2,1-3H3,(H,41,53)(H4,39,40,43)/t25?,28-,29-,32-,33-/m1/s1. The number of rotatable bonds is 22. The molecule has 16 heteroatoms. The van der Waals surface area contributed by atoms with Crippen LogP contribution < -0.4 is 16.8 Å². The second-order valence-electron chi connectivity index (χ2n) is 14.3. The Bertz CT molecular complexity index is 1430. The molecule has 0 bridgehead atoms. The lowest BCUT2D eigenvalue weighted by Crippen LogP contribution is -2.50. The first-order chi connectivity index (χ1) is 25.2. The summed E-state index contributed by atoms with van der Waals surface area (Å²) in [5.74, 6) is -0.555. The number of nitrogens with two attached hydrogens (primary N) is 2. The van der Waals surface area contributed by atoms with Crippen molar-refractivity contribution in [2.75, 3.05) is 70.9 Å². The van der Waals surface area contributed by atoms with Crippen molar-refractivity contribution in [1.29, 1.82) is 0 Å². The molecule has 1 aliphatic rings. The number of aromatic nitrogens is 2. The van der Waals surface area contributed by atoms with E-state index in [4.69, 9.17) is 28.2 Å². The number of amides is 2. The van der Waals surface area contributed by atoms with Crippen LogP contribution in [-0.2, 0) is 11.2 Å². The molecule has 3 rings (SSSR count). The van der Waals surface area contributed by atoms with Crippen molar-refractivity contribution in [3.8, 4) is 0 Å². The van der Waals surface area contributed by atoms with E-state index in [9.17, 15) is 30.0 Å². The summed E-state index contributed by atoms with van der Waals surface area (Å²) in [6.45, 7) is 6.71. The molecule has 0 radical (unpaired) electrons. The summed E-state index contributed by atoms with van der Waals surface area (Å²) in [5, 5.41) is 52.7. The highest BCUT2D eigenvalue weighted by molar-refractivity contribution is 6.31. The second kappa shape index (κ2) is 22.3. The predicted octanol–water partition coefficient (Wildman–Crippen LogP) is 0.823. The highest BCUT2D eigenvalue weighted by Crippen LogP contribution is 2.21. The minimum absolute atomic E-state index is 0.0146. The van der Waals surface area contributed by atoms with Crippen LogP contribution in [0.15, 0.2) is 24.3 Å². The molecule has 0 saturated carbocycles. The molecule has 10 N–H and O–H groups in total. The van der Waals surface area contributed by atoms with Gasteiger partial charge in [0.05, 0.1) is 12.7 Å². The van der Waals surface area contributed by atoms with Gasteiger partial charge in [0, 0.05) is 51.7 Å². The van der Waals surface area contributed by atoms with Crippen LogP contribution in [-0.4, -0.2) is 152 Å². The summed E-state index contributed by atoms with van der Waals surface area (Å²) in [4.78, 5) is 40.5. The summed E-state index contributed by atoms with van der Waals surface area (Å²) in [7, 11) is 2.07. The van der Waals surface area contributed by atoms with Gasteiger partial charge in [-0.1, -0.05) is 62.1 Å². The number of aryl methyl sites for hydroxylation is 1. The van der Waals surface area contributed by atoms with E-state index >= 15 is 0 Å². The van der Waals surface area contributed by atoms with Gasteiger partial charge in [0.1, 0.15) is 18.3 Å². The lowest BCUT2D eigenvalue weighted by Gasteiger charge is -2.38. The van der Waals surface area contributed by atoms with E-state index in [1.54, 1.807) is 0 Å². The van der Waals surface area contributed by atoms with E-state index < -0.39 is 36.9 Å². The van der Waals surface area contributed by atoms with Crippen LogP contribution in [0.2, 0.25) is 5.15 Å². The van der Waals surface area contributed by atoms with Crippen molar-refractivity contribution in [1.82, 2.24) is 30.0 Å². The zero-order valence-electron chi connectivity index (χ0n) is 31.4. The molecule has 0 aliphatic carbocycles. The lowest BCUT2D eigenvalue weighted by molar-refractivity contribution is -0.133. The SMILES string of the molecule is CCCCCCN(CCC(=O)N1CCC(N(C)CC(CNC(=O)c2nc(Cl)c(N)nc2N)Cc2ccccc2C)CC1)C[C@@H](O)[C@@H](O)[C@H](O)[C@H](O)CO. The topological polar surface area (TPSA) is 235 Å². The quantitative estimate of drug-likeness (QED) is 0.0777. The van der Waals surface area contributed by atoms with Crippen molar-refractivity contribution in [2.24, 2.45) is 5.92 Å². The van der Waals surface area contributed by atoms with Gasteiger partial charge in [0.15, 0.2) is 22.5 Å². The van der Waals surface area contributed by atoms with Crippen molar-refractivity contribution < 1.29 is 35.1 Å². The number of unbranched alkanes of at least 4 members (excludes halogenated alkanes) is 3. The highest BCUT2D eigenvalue weighted by Gasteiger charge is 2.32.